The molecule has 1 aromatic rings. The molecule has 0 radical (unpaired) electrons. The van der Waals surface area contributed by atoms with Crippen molar-refractivity contribution in [2.45, 2.75) is 12.8 Å². The number of rotatable bonds is 1. The lowest BCUT2D eigenvalue weighted by atomic mass is 10.1. The van der Waals surface area contributed by atoms with Crippen molar-refractivity contribution in [3.63, 3.8) is 0 Å². The van der Waals surface area contributed by atoms with Crippen LogP contribution >= 0.6 is 11.6 Å². The molecule has 0 aromatic heterocycles. The fourth-order valence-corrected chi connectivity index (χ4v) is 1.90. The van der Waals surface area contributed by atoms with Crippen LogP contribution in [0.5, 0.6) is 0 Å². The fraction of sp³-hybridized carbons (Fsp3) is 0.333. The number of benzene rings is 1. The minimum Gasteiger partial charge on any atom is -0.324 e. The van der Waals surface area contributed by atoms with Gasteiger partial charge in [0.05, 0.1) is 5.69 Å². The summed E-state index contributed by atoms with van der Waals surface area (Å²) in [6.07, 6.45) is 0.715. The normalized spacial score (nSPS) is 15.7. The molecule has 1 aliphatic heterocycles. The zero-order chi connectivity index (χ0) is 13.1. The van der Waals surface area contributed by atoms with Crippen LogP contribution in [0.3, 0.4) is 0 Å². The number of hydrogen-bond donors (Lipinski definition) is 1. The van der Waals surface area contributed by atoms with E-state index >= 15 is 0 Å². The summed E-state index contributed by atoms with van der Waals surface area (Å²) in [5.41, 5.74) is 0.0845. The summed E-state index contributed by atoms with van der Waals surface area (Å²) in [7, 11) is 0. The number of halogens is 2. The number of piperidine rings is 1. The Morgan fingerprint density at radius 1 is 1.33 bits per heavy atom. The largest absolute Gasteiger partial charge is 0.324 e. The number of carbonyl (C=O) groups excluding carboxylic acids is 2. The molecule has 0 bridgehead atoms. The van der Waals surface area contributed by atoms with Crippen LogP contribution in [0.2, 0.25) is 5.02 Å². The molecule has 0 atom stereocenters. The van der Waals surface area contributed by atoms with Gasteiger partial charge < -0.3 is 10.2 Å². The van der Waals surface area contributed by atoms with Crippen LogP contribution in [-0.2, 0) is 4.79 Å². The number of likely N-dealkylation sites (tertiary alicyclic amines) is 1. The van der Waals surface area contributed by atoms with Gasteiger partial charge in [0.15, 0.2) is 0 Å². The Bertz CT molecular complexity index is 483. The SMILES string of the molecule is O=C1CCN(C(=O)Nc2ccc(Cl)cc2F)CC1. The van der Waals surface area contributed by atoms with E-state index in [1.54, 1.807) is 0 Å². The number of anilines is 1. The Balaban J connectivity index is 2.00. The predicted molar refractivity (Wildman–Crippen MR) is 66.2 cm³/mol. The van der Waals surface area contributed by atoms with E-state index in [1.165, 1.54) is 17.0 Å². The van der Waals surface area contributed by atoms with Gasteiger partial charge in [-0.1, -0.05) is 11.6 Å². The molecule has 1 saturated heterocycles. The zero-order valence-electron chi connectivity index (χ0n) is 9.58. The number of amides is 2. The molecule has 0 saturated carbocycles. The minimum atomic E-state index is -0.580. The summed E-state index contributed by atoms with van der Waals surface area (Å²) in [4.78, 5) is 24.4. The van der Waals surface area contributed by atoms with Crippen LogP contribution in [0.25, 0.3) is 0 Å². The second-order valence-corrected chi connectivity index (χ2v) is 4.52. The van der Waals surface area contributed by atoms with E-state index in [1.807, 2.05) is 0 Å². The first-order valence-electron chi connectivity index (χ1n) is 5.59. The summed E-state index contributed by atoms with van der Waals surface area (Å²) in [6, 6.07) is 3.64. The highest BCUT2D eigenvalue weighted by molar-refractivity contribution is 6.30. The van der Waals surface area contributed by atoms with Crippen LogP contribution in [-0.4, -0.2) is 29.8 Å². The first kappa shape index (κ1) is 12.8. The smallest absolute Gasteiger partial charge is 0.321 e. The van der Waals surface area contributed by atoms with Gasteiger partial charge in [0, 0.05) is 31.0 Å². The van der Waals surface area contributed by atoms with Crippen molar-refractivity contribution in [3.05, 3.63) is 29.0 Å². The third-order valence-corrected chi connectivity index (χ3v) is 3.02. The number of ketones is 1. The molecule has 0 unspecified atom stereocenters. The second-order valence-electron chi connectivity index (χ2n) is 4.08. The summed E-state index contributed by atoms with van der Waals surface area (Å²) in [5, 5.41) is 2.74. The topological polar surface area (TPSA) is 49.4 Å². The van der Waals surface area contributed by atoms with Gasteiger partial charge in [-0.3, -0.25) is 4.79 Å². The molecule has 96 valence electrons. The molecule has 0 aliphatic carbocycles. The van der Waals surface area contributed by atoms with E-state index in [9.17, 15) is 14.0 Å². The molecular formula is C12H12ClFN2O2. The van der Waals surface area contributed by atoms with Crippen LogP contribution in [0.4, 0.5) is 14.9 Å². The van der Waals surface area contributed by atoms with Gasteiger partial charge in [-0.25, -0.2) is 9.18 Å². The number of nitrogens with zero attached hydrogens (tertiary/aromatic N) is 1. The lowest BCUT2D eigenvalue weighted by molar-refractivity contribution is -0.120. The molecule has 0 spiro atoms. The zero-order valence-corrected chi connectivity index (χ0v) is 10.3. The molecule has 1 fully saturated rings. The maximum absolute atomic E-state index is 13.5. The molecule has 18 heavy (non-hydrogen) atoms. The van der Waals surface area contributed by atoms with Gasteiger partial charge in [0.25, 0.3) is 0 Å². The van der Waals surface area contributed by atoms with Crippen molar-refractivity contribution < 1.29 is 14.0 Å². The second kappa shape index (κ2) is 5.35. The van der Waals surface area contributed by atoms with Crippen molar-refractivity contribution in [1.29, 1.82) is 0 Å². The highest BCUT2D eigenvalue weighted by atomic mass is 35.5. The Morgan fingerprint density at radius 2 is 2.00 bits per heavy atom. The molecule has 1 N–H and O–H groups in total. The molecule has 2 amide bonds. The van der Waals surface area contributed by atoms with Gasteiger partial charge >= 0.3 is 6.03 Å². The maximum atomic E-state index is 13.5. The van der Waals surface area contributed by atoms with Crippen LogP contribution < -0.4 is 5.32 Å². The molecule has 1 aromatic carbocycles. The van der Waals surface area contributed by atoms with Gasteiger partial charge in [-0.15, -0.1) is 0 Å². The van der Waals surface area contributed by atoms with E-state index in [0.29, 0.717) is 25.9 Å². The van der Waals surface area contributed by atoms with E-state index in [4.69, 9.17) is 11.6 Å². The van der Waals surface area contributed by atoms with E-state index in [2.05, 4.69) is 5.32 Å². The summed E-state index contributed by atoms with van der Waals surface area (Å²) >= 11 is 5.62. The fourth-order valence-electron chi connectivity index (χ4n) is 1.74. The Morgan fingerprint density at radius 3 is 2.61 bits per heavy atom. The molecule has 6 heteroatoms. The number of carbonyl (C=O) groups is 2. The van der Waals surface area contributed by atoms with Crippen LogP contribution in [0, 0.1) is 5.82 Å². The third-order valence-electron chi connectivity index (χ3n) is 2.78. The van der Waals surface area contributed by atoms with Gasteiger partial charge in [-0.05, 0) is 18.2 Å². The van der Waals surface area contributed by atoms with Crippen molar-refractivity contribution in [2.24, 2.45) is 0 Å². The van der Waals surface area contributed by atoms with Crippen molar-refractivity contribution in [1.82, 2.24) is 4.90 Å². The molecular weight excluding hydrogens is 259 g/mol. The number of nitrogens with one attached hydrogen (secondary N) is 1. The summed E-state index contributed by atoms with van der Waals surface area (Å²) in [5.74, 6) is -0.430. The lowest BCUT2D eigenvalue weighted by Gasteiger charge is -2.26. The average molecular weight is 271 g/mol. The lowest BCUT2D eigenvalue weighted by Crippen LogP contribution is -2.41. The number of hydrogen-bond acceptors (Lipinski definition) is 2. The monoisotopic (exact) mass is 270 g/mol. The van der Waals surface area contributed by atoms with Crippen LogP contribution in [0.1, 0.15) is 12.8 Å². The average Bonchev–Trinajstić information content (AvgIpc) is 2.33. The van der Waals surface area contributed by atoms with Gasteiger partial charge in [-0.2, -0.15) is 0 Å². The highest BCUT2D eigenvalue weighted by Gasteiger charge is 2.21. The molecule has 4 nitrogen and oxygen atoms in total. The van der Waals surface area contributed by atoms with Gasteiger partial charge in [0.2, 0.25) is 0 Å². The molecule has 1 aliphatic rings. The number of Topliss-reactive ketones (excluding diaryl/α,β-unsaturated/α-hetero) is 1. The quantitative estimate of drug-likeness (QED) is 0.853. The Kier molecular flexibility index (Phi) is 3.81. The Hall–Kier alpha value is -1.62. The highest BCUT2D eigenvalue weighted by Crippen LogP contribution is 2.19. The minimum absolute atomic E-state index is 0.0845. The van der Waals surface area contributed by atoms with E-state index < -0.39 is 11.8 Å². The van der Waals surface area contributed by atoms with E-state index in [0.717, 1.165) is 6.07 Å². The van der Waals surface area contributed by atoms with Crippen LogP contribution in [0.15, 0.2) is 18.2 Å². The third kappa shape index (κ3) is 2.98. The van der Waals surface area contributed by atoms with E-state index in [-0.39, 0.29) is 16.5 Å². The summed E-state index contributed by atoms with van der Waals surface area (Å²) < 4.78 is 13.5. The van der Waals surface area contributed by atoms with Crippen molar-refractivity contribution >= 4 is 29.1 Å². The first-order chi connectivity index (χ1) is 8.56. The first-order valence-corrected chi connectivity index (χ1v) is 5.97. The number of urea groups is 1. The molecule has 2 rings (SSSR count). The molecule has 1 heterocycles. The predicted octanol–water partition coefficient (Wildman–Crippen LogP) is 2.68. The standard InChI is InChI=1S/C12H12ClFN2O2/c13-8-1-2-11(10(14)7-8)15-12(18)16-5-3-9(17)4-6-16/h1-2,7H,3-6H2,(H,15,18). The van der Waals surface area contributed by atoms with Crippen molar-refractivity contribution in [2.75, 3.05) is 18.4 Å². The summed E-state index contributed by atoms with van der Waals surface area (Å²) in [6.45, 7) is 0.750. The maximum Gasteiger partial charge on any atom is 0.321 e. The van der Waals surface area contributed by atoms with Gasteiger partial charge in [0.1, 0.15) is 11.6 Å². The van der Waals surface area contributed by atoms with Crippen molar-refractivity contribution in [3.8, 4) is 0 Å². The Labute approximate surface area is 109 Å².